The topological polar surface area (TPSA) is 96.4 Å². The van der Waals surface area contributed by atoms with Crippen LogP contribution in [-0.2, 0) is 23.9 Å². The highest BCUT2D eigenvalue weighted by atomic mass is 35.5. The summed E-state index contributed by atoms with van der Waals surface area (Å²) in [6.45, 7) is 4.19. The zero-order valence-corrected chi connectivity index (χ0v) is 22.5. The van der Waals surface area contributed by atoms with Gasteiger partial charge in [-0.1, -0.05) is 61.9 Å². The van der Waals surface area contributed by atoms with Crippen LogP contribution in [0.1, 0.15) is 39.5 Å². The van der Waals surface area contributed by atoms with Crippen LogP contribution in [0.5, 0.6) is 0 Å². The number of cyclic esters (lactones) is 1. The van der Waals surface area contributed by atoms with Crippen molar-refractivity contribution in [2.24, 2.45) is 17.8 Å². The van der Waals surface area contributed by atoms with E-state index in [1.807, 2.05) is 32.1 Å². The number of esters is 1. The number of amides is 2. The zero-order valence-electron chi connectivity index (χ0n) is 21.8. The Morgan fingerprint density at radius 3 is 2.66 bits per heavy atom. The van der Waals surface area contributed by atoms with Gasteiger partial charge in [-0.25, -0.2) is 0 Å². The normalized spacial score (nSPS) is 32.9. The minimum atomic E-state index is -1.39. The maximum atomic E-state index is 14.4. The molecule has 4 heterocycles. The summed E-state index contributed by atoms with van der Waals surface area (Å²) in [7, 11) is 0. The van der Waals surface area contributed by atoms with Crippen LogP contribution in [-0.4, -0.2) is 71.3 Å². The molecule has 6 atom stereocenters. The number of halogens is 1. The fraction of sp³-hybridized carbons (Fsp3) is 0.552. The molecule has 0 bridgehead atoms. The minimum Gasteiger partial charge on any atom is -0.465 e. The number of benzene rings is 1. The molecule has 2 amide bonds. The molecule has 2 saturated heterocycles. The molecule has 5 rings (SSSR count). The summed E-state index contributed by atoms with van der Waals surface area (Å²) < 4.78 is 12.3. The number of rotatable bonds is 5. The Balaban J connectivity index is 1.65. The Morgan fingerprint density at radius 2 is 1.92 bits per heavy atom. The van der Waals surface area contributed by atoms with Gasteiger partial charge in [0.05, 0.1) is 42.0 Å². The van der Waals surface area contributed by atoms with Crippen molar-refractivity contribution in [3.05, 3.63) is 53.6 Å². The van der Waals surface area contributed by atoms with E-state index >= 15 is 0 Å². The molecule has 1 aromatic carbocycles. The van der Waals surface area contributed by atoms with E-state index in [0.29, 0.717) is 17.1 Å². The number of nitrogens with zero attached hydrogens (tertiary/aromatic N) is 2. The van der Waals surface area contributed by atoms with Gasteiger partial charge in [-0.3, -0.25) is 14.4 Å². The average molecular weight is 543 g/mol. The Hall–Kier alpha value is -2.68. The molecule has 38 heavy (non-hydrogen) atoms. The van der Waals surface area contributed by atoms with E-state index < -0.39 is 41.6 Å². The smallest absolute Gasteiger partial charge is 0.312 e. The van der Waals surface area contributed by atoms with Crippen molar-refractivity contribution in [3.63, 3.8) is 0 Å². The molecule has 1 unspecified atom stereocenters. The number of likely N-dealkylation sites (tertiary alicyclic amines) is 1. The number of fused-ring (bicyclic) bond motifs is 2. The lowest BCUT2D eigenvalue weighted by atomic mass is 9.78. The molecule has 4 aliphatic heterocycles. The molecule has 0 aromatic heterocycles. The van der Waals surface area contributed by atoms with Crippen molar-refractivity contribution < 1.29 is 29.0 Å². The summed E-state index contributed by atoms with van der Waals surface area (Å²) in [5.74, 6) is -2.92. The fourth-order valence-electron chi connectivity index (χ4n) is 6.46. The highest BCUT2D eigenvalue weighted by Gasteiger charge is 2.72. The highest BCUT2D eigenvalue weighted by Crippen LogP contribution is 2.54. The average Bonchev–Trinajstić information content (AvgIpc) is 3.28. The molecule has 0 radical (unpaired) electrons. The molecule has 2 fully saturated rings. The quantitative estimate of drug-likeness (QED) is 0.452. The Bertz CT molecular complexity index is 1150. The summed E-state index contributed by atoms with van der Waals surface area (Å²) in [6, 6.07) is 5.37. The summed E-state index contributed by atoms with van der Waals surface area (Å²) in [5, 5.41) is 10.8. The number of hydrogen-bond acceptors (Lipinski definition) is 6. The van der Waals surface area contributed by atoms with Crippen molar-refractivity contribution >= 4 is 35.1 Å². The molecule has 4 aliphatic rings. The molecule has 1 spiro atoms. The van der Waals surface area contributed by atoms with Crippen molar-refractivity contribution in [2.75, 3.05) is 24.7 Å². The second-order valence-electron chi connectivity index (χ2n) is 10.9. The summed E-state index contributed by atoms with van der Waals surface area (Å²) >= 11 is 6.50. The van der Waals surface area contributed by atoms with Gasteiger partial charge in [-0.05, 0) is 43.7 Å². The molecule has 0 aliphatic carbocycles. The maximum Gasteiger partial charge on any atom is 0.312 e. The van der Waals surface area contributed by atoms with Crippen LogP contribution >= 0.6 is 11.6 Å². The number of allylic oxidation sites excluding steroid dienone is 1. The fourth-order valence-corrected chi connectivity index (χ4v) is 6.69. The van der Waals surface area contributed by atoms with Crippen molar-refractivity contribution in [2.45, 2.75) is 63.3 Å². The lowest BCUT2D eigenvalue weighted by Gasteiger charge is -2.39. The van der Waals surface area contributed by atoms with Crippen LogP contribution in [0.3, 0.4) is 0 Å². The number of carbonyl (C=O) groups is 3. The number of hydrogen-bond donors (Lipinski definition) is 1. The van der Waals surface area contributed by atoms with E-state index in [-0.39, 0.29) is 37.5 Å². The Morgan fingerprint density at radius 1 is 1.13 bits per heavy atom. The van der Waals surface area contributed by atoms with Gasteiger partial charge in [-0.2, -0.15) is 0 Å². The summed E-state index contributed by atoms with van der Waals surface area (Å²) in [5.41, 5.74) is -0.862. The first kappa shape index (κ1) is 26.9. The molecular formula is C29H35ClN2O6. The number of aliphatic hydroxyl groups excluding tert-OH is 1. The van der Waals surface area contributed by atoms with Crippen molar-refractivity contribution in [3.8, 4) is 0 Å². The van der Waals surface area contributed by atoms with Crippen LogP contribution in [0.25, 0.3) is 0 Å². The van der Waals surface area contributed by atoms with Gasteiger partial charge >= 0.3 is 5.97 Å². The molecule has 1 aromatic rings. The van der Waals surface area contributed by atoms with Crippen LogP contribution in [0.4, 0.5) is 5.69 Å². The predicted molar refractivity (Wildman–Crippen MR) is 142 cm³/mol. The van der Waals surface area contributed by atoms with Gasteiger partial charge in [0.25, 0.3) is 5.91 Å². The first-order valence-corrected chi connectivity index (χ1v) is 13.9. The lowest BCUT2D eigenvalue weighted by molar-refractivity contribution is -0.155. The van der Waals surface area contributed by atoms with E-state index in [2.05, 4.69) is 0 Å². The third-order valence-corrected chi connectivity index (χ3v) is 8.35. The molecule has 0 saturated carbocycles. The van der Waals surface area contributed by atoms with Crippen LogP contribution in [0, 0.1) is 17.8 Å². The monoisotopic (exact) mass is 542 g/mol. The minimum absolute atomic E-state index is 0.155. The first-order chi connectivity index (χ1) is 18.3. The highest BCUT2D eigenvalue weighted by molar-refractivity contribution is 6.34. The largest absolute Gasteiger partial charge is 0.465 e. The van der Waals surface area contributed by atoms with Gasteiger partial charge in [0.15, 0.2) is 0 Å². The first-order valence-electron chi connectivity index (χ1n) is 13.5. The maximum absolute atomic E-state index is 14.4. The number of aliphatic hydroxyl groups is 1. The van der Waals surface area contributed by atoms with E-state index in [1.165, 1.54) is 4.90 Å². The third-order valence-electron chi connectivity index (χ3n) is 8.03. The Kier molecular flexibility index (Phi) is 7.67. The number of ether oxygens (including phenoxy) is 2. The van der Waals surface area contributed by atoms with Crippen LogP contribution in [0.15, 0.2) is 48.6 Å². The summed E-state index contributed by atoms with van der Waals surface area (Å²) in [4.78, 5) is 45.2. The predicted octanol–water partition coefficient (Wildman–Crippen LogP) is 3.51. The second-order valence-corrected chi connectivity index (χ2v) is 11.4. The second kappa shape index (κ2) is 10.8. The number of anilines is 1. The van der Waals surface area contributed by atoms with Gasteiger partial charge < -0.3 is 24.4 Å². The van der Waals surface area contributed by atoms with E-state index in [4.69, 9.17) is 21.1 Å². The lowest BCUT2D eigenvalue weighted by Crippen LogP contribution is -2.58. The van der Waals surface area contributed by atoms with Crippen LogP contribution < -0.4 is 4.90 Å². The van der Waals surface area contributed by atoms with E-state index in [0.717, 1.165) is 19.3 Å². The SMILES string of the molecule is CC(C)C[C@H](CO)N1C(=O)[C@@H]2[C@H]3C(=O)OCCCC/C=C\[C@H]3O[C@@]23C=CCN(c2ccccc2Cl)C(=O)C13. The summed E-state index contributed by atoms with van der Waals surface area (Å²) in [6.07, 6.45) is 9.62. The molecule has 1 N–H and O–H groups in total. The van der Waals surface area contributed by atoms with Gasteiger partial charge in [0.2, 0.25) is 5.91 Å². The van der Waals surface area contributed by atoms with E-state index in [1.54, 1.807) is 35.2 Å². The van der Waals surface area contributed by atoms with Gasteiger partial charge in [0, 0.05) is 6.54 Å². The van der Waals surface area contributed by atoms with Gasteiger partial charge in [-0.15, -0.1) is 0 Å². The van der Waals surface area contributed by atoms with Crippen LogP contribution in [0.2, 0.25) is 5.02 Å². The molecule has 9 heteroatoms. The van der Waals surface area contributed by atoms with Crippen molar-refractivity contribution in [1.82, 2.24) is 4.90 Å². The standard InChI is InChI=1S/C29H35ClN2O6/c1-18(2)16-19(17-33)32-25-27(35)31(21-11-7-6-10-20(21)30)14-9-13-29(25)24(26(32)34)23-22(38-29)12-5-3-4-8-15-37-28(23)36/h5-7,9-13,18-19,22-25,33H,3-4,8,14-17H2,1-2H3/b12-5-/t19-,22-,23+,24+,25?,29+/m1/s1. The number of carbonyl (C=O) groups excluding carboxylic acids is 3. The Labute approximate surface area is 228 Å². The molecular weight excluding hydrogens is 508 g/mol. The van der Waals surface area contributed by atoms with E-state index in [9.17, 15) is 19.5 Å². The van der Waals surface area contributed by atoms with Crippen molar-refractivity contribution in [1.29, 1.82) is 0 Å². The molecule has 8 nitrogen and oxygen atoms in total. The number of para-hydroxylation sites is 1. The molecule has 204 valence electrons. The van der Waals surface area contributed by atoms with Gasteiger partial charge in [0.1, 0.15) is 17.6 Å². The third kappa shape index (κ3) is 4.46. The zero-order chi connectivity index (χ0) is 27.0.